The van der Waals surface area contributed by atoms with Crippen LogP contribution in [0.4, 0.5) is 0 Å². The maximum absolute atomic E-state index is 8.91. The van der Waals surface area contributed by atoms with Gasteiger partial charge in [0.15, 0.2) is 0 Å². The standard InChI is InChI=1S/C4H9ClN2O/c5-7-2-1-6-3-4(7)8/h4,6,8H,1-3H2. The van der Waals surface area contributed by atoms with E-state index in [4.69, 9.17) is 16.9 Å². The van der Waals surface area contributed by atoms with E-state index in [1.807, 2.05) is 0 Å². The van der Waals surface area contributed by atoms with Crippen molar-refractivity contribution in [3.63, 3.8) is 0 Å². The molecule has 0 aliphatic carbocycles. The molecule has 0 bridgehead atoms. The minimum atomic E-state index is -0.509. The topological polar surface area (TPSA) is 35.5 Å². The Morgan fingerprint density at radius 1 is 1.75 bits per heavy atom. The zero-order chi connectivity index (χ0) is 5.98. The third kappa shape index (κ3) is 1.32. The van der Waals surface area contributed by atoms with Crippen molar-refractivity contribution < 1.29 is 5.11 Å². The molecule has 0 radical (unpaired) electrons. The molecule has 0 aromatic rings. The number of aliphatic hydroxyl groups is 1. The van der Waals surface area contributed by atoms with Gasteiger partial charge in [0, 0.05) is 19.6 Å². The molecule has 0 saturated carbocycles. The Morgan fingerprint density at radius 3 is 2.88 bits per heavy atom. The van der Waals surface area contributed by atoms with Gasteiger partial charge in [-0.25, -0.2) is 0 Å². The van der Waals surface area contributed by atoms with Gasteiger partial charge in [0.2, 0.25) is 0 Å². The normalized spacial score (nSPS) is 33.0. The molecule has 1 saturated heterocycles. The molecule has 0 amide bonds. The predicted molar refractivity (Wildman–Crippen MR) is 31.4 cm³/mol. The van der Waals surface area contributed by atoms with E-state index in [9.17, 15) is 0 Å². The van der Waals surface area contributed by atoms with E-state index in [-0.39, 0.29) is 0 Å². The van der Waals surface area contributed by atoms with Crippen molar-refractivity contribution in [3.05, 3.63) is 0 Å². The number of halogens is 1. The molecule has 1 aliphatic rings. The number of nitrogens with one attached hydrogen (secondary N) is 1. The molecule has 0 aromatic carbocycles. The average Bonchev–Trinajstić information content (AvgIpc) is 1.77. The summed E-state index contributed by atoms with van der Waals surface area (Å²) in [5, 5.41) is 11.9. The highest BCUT2D eigenvalue weighted by Gasteiger charge is 2.15. The molecule has 0 aromatic heterocycles. The highest BCUT2D eigenvalue weighted by Crippen LogP contribution is 2.01. The summed E-state index contributed by atoms with van der Waals surface area (Å²) in [6.07, 6.45) is -0.509. The fraction of sp³-hybridized carbons (Fsp3) is 1.00. The van der Waals surface area contributed by atoms with Crippen LogP contribution in [0.25, 0.3) is 0 Å². The highest BCUT2D eigenvalue weighted by molar-refractivity contribution is 6.13. The van der Waals surface area contributed by atoms with E-state index >= 15 is 0 Å². The van der Waals surface area contributed by atoms with Crippen molar-refractivity contribution in [1.82, 2.24) is 9.74 Å². The van der Waals surface area contributed by atoms with Crippen LogP contribution in [0.2, 0.25) is 0 Å². The quantitative estimate of drug-likeness (QED) is 0.435. The van der Waals surface area contributed by atoms with Crippen LogP contribution < -0.4 is 5.32 Å². The third-order valence-corrected chi connectivity index (χ3v) is 1.55. The Kier molecular flexibility index (Phi) is 2.08. The largest absolute Gasteiger partial charge is 0.376 e. The second-order valence-corrected chi connectivity index (χ2v) is 2.24. The monoisotopic (exact) mass is 136 g/mol. The summed E-state index contributed by atoms with van der Waals surface area (Å²) in [5.41, 5.74) is 0. The van der Waals surface area contributed by atoms with Gasteiger partial charge < -0.3 is 10.4 Å². The summed E-state index contributed by atoms with van der Waals surface area (Å²) in [4.78, 5) is 0. The Hall–Kier alpha value is 0.170. The highest BCUT2D eigenvalue weighted by atomic mass is 35.5. The van der Waals surface area contributed by atoms with Crippen LogP contribution in [-0.2, 0) is 0 Å². The molecular weight excluding hydrogens is 128 g/mol. The first kappa shape index (κ1) is 6.29. The minimum Gasteiger partial charge on any atom is -0.376 e. The van der Waals surface area contributed by atoms with Gasteiger partial charge in [-0.15, -0.1) is 0 Å². The Bertz CT molecular complexity index is 70.4. The fourth-order valence-corrected chi connectivity index (χ4v) is 0.819. The first-order chi connectivity index (χ1) is 3.80. The van der Waals surface area contributed by atoms with Crippen LogP contribution in [0, 0.1) is 0 Å². The predicted octanol–water partition coefficient (Wildman–Crippen LogP) is -0.636. The van der Waals surface area contributed by atoms with Gasteiger partial charge in [0.1, 0.15) is 6.23 Å². The van der Waals surface area contributed by atoms with E-state index in [0.717, 1.165) is 6.54 Å². The van der Waals surface area contributed by atoms with E-state index in [2.05, 4.69) is 5.32 Å². The molecule has 1 rings (SSSR count). The van der Waals surface area contributed by atoms with Crippen molar-refractivity contribution in [2.24, 2.45) is 0 Å². The van der Waals surface area contributed by atoms with Crippen molar-refractivity contribution in [2.45, 2.75) is 6.23 Å². The van der Waals surface area contributed by atoms with Gasteiger partial charge in [-0.05, 0) is 11.8 Å². The second-order valence-electron chi connectivity index (χ2n) is 1.81. The lowest BCUT2D eigenvalue weighted by atomic mass is 10.4. The average molecular weight is 137 g/mol. The number of aliphatic hydroxyl groups excluding tert-OH is 1. The van der Waals surface area contributed by atoms with Gasteiger partial charge in [0.05, 0.1) is 0 Å². The number of nitrogens with zero attached hydrogens (tertiary/aromatic N) is 1. The lowest BCUT2D eigenvalue weighted by molar-refractivity contribution is 0.0468. The SMILES string of the molecule is OC1CNCCN1Cl. The molecule has 1 atom stereocenters. The first-order valence-electron chi connectivity index (χ1n) is 2.62. The molecule has 1 aliphatic heterocycles. The number of rotatable bonds is 0. The summed E-state index contributed by atoms with van der Waals surface area (Å²) >= 11 is 5.51. The molecule has 2 N–H and O–H groups in total. The number of hydrogen-bond acceptors (Lipinski definition) is 3. The van der Waals surface area contributed by atoms with Gasteiger partial charge in [-0.3, -0.25) is 0 Å². The molecule has 48 valence electrons. The molecule has 0 spiro atoms. The molecule has 1 fully saturated rings. The zero-order valence-corrected chi connectivity index (χ0v) is 5.23. The van der Waals surface area contributed by atoms with Crippen molar-refractivity contribution >= 4 is 11.8 Å². The lowest BCUT2D eigenvalue weighted by Crippen LogP contribution is -2.46. The summed E-state index contributed by atoms with van der Waals surface area (Å²) in [5.74, 6) is 0. The van der Waals surface area contributed by atoms with Crippen molar-refractivity contribution in [3.8, 4) is 0 Å². The molecule has 4 heteroatoms. The summed E-state index contributed by atoms with van der Waals surface area (Å²) in [6.45, 7) is 2.15. The van der Waals surface area contributed by atoms with Gasteiger partial charge in [-0.1, -0.05) is 0 Å². The minimum absolute atomic E-state index is 0.509. The van der Waals surface area contributed by atoms with E-state index in [1.54, 1.807) is 0 Å². The number of β-amino-alcohol motifs (C(OH)–C–C–N with tert-alkyl or cyclic N) is 1. The maximum atomic E-state index is 8.91. The van der Waals surface area contributed by atoms with Gasteiger partial charge in [-0.2, -0.15) is 4.42 Å². The Balaban J connectivity index is 2.28. The molecule has 3 nitrogen and oxygen atoms in total. The lowest BCUT2D eigenvalue weighted by Gasteiger charge is -2.25. The van der Waals surface area contributed by atoms with Crippen LogP contribution in [0.3, 0.4) is 0 Å². The first-order valence-corrected chi connectivity index (χ1v) is 2.96. The summed E-state index contributed by atoms with van der Waals surface area (Å²) in [7, 11) is 0. The zero-order valence-electron chi connectivity index (χ0n) is 4.47. The molecule has 1 heterocycles. The number of hydrogen-bond donors (Lipinski definition) is 2. The third-order valence-electron chi connectivity index (χ3n) is 1.15. The van der Waals surface area contributed by atoms with Crippen LogP contribution >= 0.6 is 11.8 Å². The molecule has 1 unspecified atom stereocenters. The van der Waals surface area contributed by atoms with Crippen LogP contribution in [0.5, 0.6) is 0 Å². The Morgan fingerprint density at radius 2 is 2.50 bits per heavy atom. The second kappa shape index (κ2) is 2.64. The van der Waals surface area contributed by atoms with Crippen molar-refractivity contribution in [1.29, 1.82) is 0 Å². The van der Waals surface area contributed by atoms with E-state index < -0.39 is 6.23 Å². The van der Waals surface area contributed by atoms with E-state index in [1.165, 1.54) is 4.42 Å². The van der Waals surface area contributed by atoms with Crippen molar-refractivity contribution in [2.75, 3.05) is 19.6 Å². The van der Waals surface area contributed by atoms with Gasteiger partial charge >= 0.3 is 0 Å². The summed E-state index contributed by atoms with van der Waals surface area (Å²) in [6, 6.07) is 0. The summed E-state index contributed by atoms with van der Waals surface area (Å²) < 4.78 is 1.40. The van der Waals surface area contributed by atoms with Crippen LogP contribution in [-0.4, -0.2) is 35.4 Å². The number of piperazine rings is 1. The molecular formula is C4H9ClN2O. The maximum Gasteiger partial charge on any atom is 0.133 e. The fourth-order valence-electron chi connectivity index (χ4n) is 0.665. The van der Waals surface area contributed by atoms with Gasteiger partial charge in [0.25, 0.3) is 0 Å². The Labute approximate surface area is 53.3 Å². The van der Waals surface area contributed by atoms with Crippen LogP contribution in [0.1, 0.15) is 0 Å². The smallest absolute Gasteiger partial charge is 0.133 e. The van der Waals surface area contributed by atoms with E-state index in [0.29, 0.717) is 13.1 Å². The van der Waals surface area contributed by atoms with Crippen LogP contribution in [0.15, 0.2) is 0 Å². The molecule has 8 heavy (non-hydrogen) atoms.